The van der Waals surface area contributed by atoms with Gasteiger partial charge in [0.1, 0.15) is 6.04 Å². The summed E-state index contributed by atoms with van der Waals surface area (Å²) in [6.07, 6.45) is 0.486. The maximum Gasteiger partial charge on any atom is 0.247 e. The number of morpholine rings is 1. The van der Waals surface area contributed by atoms with Crippen LogP contribution in [-0.2, 0) is 20.9 Å². The third-order valence-electron chi connectivity index (χ3n) is 6.79. The summed E-state index contributed by atoms with van der Waals surface area (Å²) in [5.74, 6) is -0.186. The average Bonchev–Trinajstić information content (AvgIpc) is 2.93. The molecule has 2 aromatic carbocycles. The summed E-state index contributed by atoms with van der Waals surface area (Å²) in [5.41, 5.74) is 5.62. The number of carbonyl (C=O) groups excluding carboxylic acids is 2. The van der Waals surface area contributed by atoms with Crippen molar-refractivity contribution in [2.24, 2.45) is 0 Å². The van der Waals surface area contributed by atoms with Crippen molar-refractivity contribution in [2.45, 2.75) is 51.9 Å². The molecular weight excluding hydrogens is 510 g/mol. The van der Waals surface area contributed by atoms with Crippen LogP contribution in [0, 0.1) is 20.8 Å². The van der Waals surface area contributed by atoms with Gasteiger partial charge in [-0.05, 0) is 68.7 Å². The molecule has 8 nitrogen and oxygen atoms in total. The van der Waals surface area contributed by atoms with Gasteiger partial charge in [-0.3, -0.25) is 9.59 Å². The van der Waals surface area contributed by atoms with E-state index in [4.69, 9.17) is 4.74 Å². The molecule has 3 aromatic rings. The van der Waals surface area contributed by atoms with Gasteiger partial charge in [-0.1, -0.05) is 43.0 Å². The Morgan fingerprint density at radius 2 is 1.69 bits per heavy atom. The molecule has 4 rings (SSSR count). The zero-order valence-corrected chi connectivity index (χ0v) is 24.0. The summed E-state index contributed by atoms with van der Waals surface area (Å²) in [6.45, 7) is 11.3. The molecule has 1 saturated heterocycles. The molecule has 1 aliphatic heterocycles. The molecule has 2 amide bonds. The van der Waals surface area contributed by atoms with Gasteiger partial charge >= 0.3 is 0 Å². The molecule has 1 atom stereocenters. The Kier molecular flexibility index (Phi) is 9.95. The first kappa shape index (κ1) is 28.6. The molecule has 0 radical (unpaired) electrons. The normalized spacial score (nSPS) is 14.1. The molecule has 39 heavy (non-hydrogen) atoms. The first-order valence-electron chi connectivity index (χ1n) is 13.4. The fourth-order valence-electron chi connectivity index (χ4n) is 4.66. The smallest absolute Gasteiger partial charge is 0.247 e. The van der Waals surface area contributed by atoms with Crippen LogP contribution in [0.2, 0.25) is 0 Å². The van der Waals surface area contributed by atoms with Crippen LogP contribution in [0.3, 0.4) is 0 Å². The molecule has 0 spiro atoms. The number of aromatic nitrogens is 2. The van der Waals surface area contributed by atoms with E-state index in [0.717, 1.165) is 54.5 Å². The minimum absolute atomic E-state index is 0.129. The van der Waals surface area contributed by atoms with E-state index >= 15 is 0 Å². The van der Waals surface area contributed by atoms with Gasteiger partial charge in [-0.25, -0.2) is 9.97 Å². The van der Waals surface area contributed by atoms with Gasteiger partial charge in [0.05, 0.1) is 19.0 Å². The SMILES string of the molecule is CCC(C(=O)Nc1ccc(N2CCOCC2)cc1)N(Cc1ccccc1C)C(=O)CSc1nc(C)cc(C)n1. The fourth-order valence-corrected chi connectivity index (χ4v) is 5.50. The molecule has 1 aromatic heterocycles. The van der Waals surface area contributed by atoms with Crippen LogP contribution < -0.4 is 10.2 Å². The fraction of sp³-hybridized carbons (Fsp3) is 0.400. The number of thioether (sulfide) groups is 1. The lowest BCUT2D eigenvalue weighted by Gasteiger charge is -2.31. The summed E-state index contributed by atoms with van der Waals surface area (Å²) in [6, 6.07) is 17.1. The van der Waals surface area contributed by atoms with Crippen molar-refractivity contribution in [3.05, 3.63) is 77.1 Å². The van der Waals surface area contributed by atoms with E-state index in [1.165, 1.54) is 11.8 Å². The highest BCUT2D eigenvalue weighted by molar-refractivity contribution is 7.99. The standard InChI is InChI=1S/C30H37N5O3S/c1-5-27(29(37)33-25-10-12-26(13-11-25)34-14-16-38-17-15-34)35(19-24-9-7-6-8-21(24)2)28(36)20-39-30-31-22(3)18-23(4)32-30/h6-13,18,27H,5,14-17,19-20H2,1-4H3,(H,33,37). The average molecular weight is 548 g/mol. The molecule has 0 aliphatic carbocycles. The van der Waals surface area contributed by atoms with Crippen molar-refractivity contribution in [1.82, 2.24) is 14.9 Å². The van der Waals surface area contributed by atoms with E-state index in [-0.39, 0.29) is 17.6 Å². The third kappa shape index (κ3) is 7.80. The molecule has 1 N–H and O–H groups in total. The largest absolute Gasteiger partial charge is 0.378 e. The second kappa shape index (κ2) is 13.6. The van der Waals surface area contributed by atoms with Crippen LogP contribution in [-0.4, -0.2) is 64.8 Å². The van der Waals surface area contributed by atoms with E-state index in [9.17, 15) is 9.59 Å². The highest BCUT2D eigenvalue weighted by Gasteiger charge is 2.29. The van der Waals surface area contributed by atoms with Crippen molar-refractivity contribution in [3.63, 3.8) is 0 Å². The molecular formula is C30H37N5O3S. The molecule has 1 fully saturated rings. The number of carbonyl (C=O) groups is 2. The van der Waals surface area contributed by atoms with Gasteiger partial charge in [0, 0.05) is 42.4 Å². The van der Waals surface area contributed by atoms with Gasteiger partial charge in [0.15, 0.2) is 5.16 Å². The van der Waals surface area contributed by atoms with E-state index < -0.39 is 6.04 Å². The Labute approximate surface area is 235 Å². The number of amides is 2. The number of ether oxygens (including phenoxy) is 1. The Morgan fingerprint density at radius 3 is 2.33 bits per heavy atom. The lowest BCUT2D eigenvalue weighted by molar-refractivity contribution is -0.137. The highest BCUT2D eigenvalue weighted by Crippen LogP contribution is 2.22. The zero-order chi connectivity index (χ0) is 27.8. The van der Waals surface area contributed by atoms with Gasteiger partial charge < -0.3 is 19.9 Å². The van der Waals surface area contributed by atoms with Crippen molar-refractivity contribution >= 4 is 35.0 Å². The number of hydrogen-bond donors (Lipinski definition) is 1. The quantitative estimate of drug-likeness (QED) is 0.289. The van der Waals surface area contributed by atoms with E-state index in [1.807, 2.05) is 82.3 Å². The Balaban J connectivity index is 1.50. The Bertz CT molecular complexity index is 1260. The second-order valence-electron chi connectivity index (χ2n) is 9.73. The Morgan fingerprint density at radius 1 is 1.03 bits per heavy atom. The number of nitrogens with one attached hydrogen (secondary N) is 1. The Hall–Kier alpha value is -3.43. The number of rotatable bonds is 10. The molecule has 0 bridgehead atoms. The first-order chi connectivity index (χ1) is 18.8. The molecule has 1 unspecified atom stereocenters. The van der Waals surface area contributed by atoms with Crippen molar-refractivity contribution < 1.29 is 14.3 Å². The minimum atomic E-state index is -0.628. The van der Waals surface area contributed by atoms with Crippen LogP contribution in [0.5, 0.6) is 0 Å². The van der Waals surface area contributed by atoms with Gasteiger partial charge in [-0.15, -0.1) is 0 Å². The van der Waals surface area contributed by atoms with E-state index in [1.54, 1.807) is 4.90 Å². The highest BCUT2D eigenvalue weighted by atomic mass is 32.2. The second-order valence-corrected chi connectivity index (χ2v) is 10.7. The monoisotopic (exact) mass is 547 g/mol. The number of benzene rings is 2. The number of anilines is 2. The van der Waals surface area contributed by atoms with Crippen molar-refractivity contribution in [1.29, 1.82) is 0 Å². The number of aryl methyl sites for hydroxylation is 3. The lowest BCUT2D eigenvalue weighted by atomic mass is 10.1. The van der Waals surface area contributed by atoms with Crippen LogP contribution in [0.25, 0.3) is 0 Å². The third-order valence-corrected chi connectivity index (χ3v) is 7.62. The van der Waals surface area contributed by atoms with Gasteiger partial charge in [0.2, 0.25) is 11.8 Å². The maximum atomic E-state index is 13.6. The van der Waals surface area contributed by atoms with E-state index in [2.05, 4.69) is 20.2 Å². The molecule has 0 saturated carbocycles. The maximum absolute atomic E-state index is 13.6. The van der Waals surface area contributed by atoms with Crippen LogP contribution >= 0.6 is 11.8 Å². The first-order valence-corrected chi connectivity index (χ1v) is 14.3. The predicted molar refractivity (Wildman–Crippen MR) is 156 cm³/mol. The minimum Gasteiger partial charge on any atom is -0.378 e. The molecule has 206 valence electrons. The summed E-state index contributed by atoms with van der Waals surface area (Å²) in [5, 5.41) is 3.60. The lowest BCUT2D eigenvalue weighted by Crippen LogP contribution is -2.47. The number of hydrogen-bond acceptors (Lipinski definition) is 7. The molecule has 9 heteroatoms. The molecule has 1 aliphatic rings. The number of nitrogens with zero attached hydrogens (tertiary/aromatic N) is 4. The van der Waals surface area contributed by atoms with Gasteiger partial charge in [0.25, 0.3) is 0 Å². The van der Waals surface area contributed by atoms with Gasteiger partial charge in [-0.2, -0.15) is 0 Å². The summed E-state index contributed by atoms with van der Waals surface area (Å²) < 4.78 is 5.44. The van der Waals surface area contributed by atoms with E-state index in [0.29, 0.717) is 23.8 Å². The predicted octanol–water partition coefficient (Wildman–Crippen LogP) is 4.78. The molecule has 2 heterocycles. The van der Waals surface area contributed by atoms with Crippen LogP contribution in [0.4, 0.5) is 11.4 Å². The van der Waals surface area contributed by atoms with Crippen LogP contribution in [0.15, 0.2) is 59.8 Å². The van der Waals surface area contributed by atoms with Crippen molar-refractivity contribution in [3.8, 4) is 0 Å². The van der Waals surface area contributed by atoms with Crippen LogP contribution in [0.1, 0.15) is 35.9 Å². The summed E-state index contributed by atoms with van der Waals surface area (Å²) >= 11 is 1.30. The summed E-state index contributed by atoms with van der Waals surface area (Å²) in [4.78, 5) is 40.0. The topological polar surface area (TPSA) is 87.7 Å². The zero-order valence-electron chi connectivity index (χ0n) is 23.1. The van der Waals surface area contributed by atoms with Crippen molar-refractivity contribution in [2.75, 3.05) is 42.3 Å². The summed E-state index contributed by atoms with van der Waals surface area (Å²) in [7, 11) is 0.